The van der Waals surface area contributed by atoms with E-state index >= 15 is 0 Å². The van der Waals surface area contributed by atoms with Gasteiger partial charge in [-0.25, -0.2) is 4.79 Å². The van der Waals surface area contributed by atoms with Gasteiger partial charge in [0.15, 0.2) is 6.29 Å². The monoisotopic (exact) mass is 208 g/mol. The molecular formula is C11H12O4. The van der Waals surface area contributed by atoms with Gasteiger partial charge in [-0.05, 0) is 19.4 Å². The molecule has 0 heterocycles. The zero-order chi connectivity index (χ0) is 11.4. The van der Waals surface area contributed by atoms with Crippen molar-refractivity contribution in [2.45, 2.75) is 13.8 Å². The summed E-state index contributed by atoms with van der Waals surface area (Å²) < 4.78 is 4.75. The summed E-state index contributed by atoms with van der Waals surface area (Å²) in [5.41, 5.74) is 0.604. The number of aromatic hydroxyl groups is 1. The van der Waals surface area contributed by atoms with Crippen LogP contribution in [-0.2, 0) is 4.74 Å². The van der Waals surface area contributed by atoms with Crippen LogP contribution in [0.4, 0.5) is 0 Å². The molecule has 1 rings (SSSR count). The number of carbonyl (C=O) groups is 2. The van der Waals surface area contributed by atoms with Gasteiger partial charge in [0.05, 0.1) is 6.61 Å². The minimum Gasteiger partial charge on any atom is -0.507 e. The van der Waals surface area contributed by atoms with Crippen LogP contribution in [0.2, 0.25) is 0 Å². The van der Waals surface area contributed by atoms with Crippen molar-refractivity contribution in [1.82, 2.24) is 0 Å². The molecule has 0 aliphatic heterocycles. The summed E-state index contributed by atoms with van der Waals surface area (Å²) in [7, 11) is 0. The number of rotatable bonds is 3. The van der Waals surface area contributed by atoms with E-state index in [2.05, 4.69) is 0 Å². The van der Waals surface area contributed by atoms with E-state index in [1.165, 1.54) is 6.07 Å². The lowest BCUT2D eigenvalue weighted by molar-refractivity contribution is 0.0520. The Morgan fingerprint density at radius 2 is 2.20 bits per heavy atom. The number of phenols is 1. The maximum Gasteiger partial charge on any atom is 0.342 e. The molecule has 0 radical (unpaired) electrons. The fraction of sp³-hybridized carbons (Fsp3) is 0.273. The van der Waals surface area contributed by atoms with E-state index < -0.39 is 5.97 Å². The fourth-order valence-corrected chi connectivity index (χ4v) is 1.23. The van der Waals surface area contributed by atoms with Crippen molar-refractivity contribution >= 4 is 12.3 Å². The van der Waals surface area contributed by atoms with Gasteiger partial charge in [0.1, 0.15) is 11.3 Å². The maximum atomic E-state index is 11.5. The molecule has 0 saturated carbocycles. The molecular weight excluding hydrogens is 196 g/mol. The molecule has 0 unspecified atom stereocenters. The van der Waals surface area contributed by atoms with Crippen LogP contribution >= 0.6 is 0 Å². The molecule has 0 aromatic heterocycles. The number of aryl methyl sites for hydroxylation is 1. The summed E-state index contributed by atoms with van der Waals surface area (Å²) in [6.07, 6.45) is 0.519. The lowest BCUT2D eigenvalue weighted by atomic mass is 10.0. The Kier molecular flexibility index (Phi) is 3.44. The van der Waals surface area contributed by atoms with E-state index in [0.717, 1.165) is 0 Å². The molecule has 4 heteroatoms. The molecule has 0 aliphatic carbocycles. The number of hydrogen-bond acceptors (Lipinski definition) is 4. The van der Waals surface area contributed by atoms with Crippen molar-refractivity contribution in [3.05, 3.63) is 28.8 Å². The zero-order valence-corrected chi connectivity index (χ0v) is 8.61. The first-order chi connectivity index (χ1) is 7.11. The molecule has 0 spiro atoms. The molecule has 15 heavy (non-hydrogen) atoms. The highest BCUT2D eigenvalue weighted by Gasteiger charge is 2.18. The number of ether oxygens (including phenoxy) is 1. The second-order valence-corrected chi connectivity index (χ2v) is 3.03. The molecule has 0 bridgehead atoms. The Morgan fingerprint density at radius 1 is 1.53 bits per heavy atom. The number of aldehydes is 1. The van der Waals surface area contributed by atoms with E-state index in [4.69, 9.17) is 4.74 Å². The Labute approximate surface area is 87.5 Å². The third kappa shape index (κ3) is 2.15. The van der Waals surface area contributed by atoms with E-state index in [-0.39, 0.29) is 23.5 Å². The van der Waals surface area contributed by atoms with Crippen molar-refractivity contribution in [2.24, 2.45) is 0 Å². The lowest BCUT2D eigenvalue weighted by Gasteiger charge is -2.08. The van der Waals surface area contributed by atoms with Crippen LogP contribution in [0.5, 0.6) is 5.75 Å². The molecule has 4 nitrogen and oxygen atoms in total. The summed E-state index contributed by atoms with van der Waals surface area (Å²) >= 11 is 0. The summed E-state index contributed by atoms with van der Waals surface area (Å²) in [6.45, 7) is 3.50. The van der Waals surface area contributed by atoms with Crippen molar-refractivity contribution in [3.63, 3.8) is 0 Å². The number of benzene rings is 1. The Bertz CT molecular complexity index is 396. The van der Waals surface area contributed by atoms with Gasteiger partial charge in [-0.1, -0.05) is 12.1 Å². The molecule has 0 fully saturated rings. The van der Waals surface area contributed by atoms with Crippen molar-refractivity contribution < 1.29 is 19.4 Å². The highest BCUT2D eigenvalue weighted by molar-refractivity contribution is 6.01. The van der Waals surface area contributed by atoms with Gasteiger partial charge >= 0.3 is 5.97 Å². The molecule has 1 N–H and O–H groups in total. The van der Waals surface area contributed by atoms with Crippen molar-refractivity contribution in [3.8, 4) is 5.75 Å². The van der Waals surface area contributed by atoms with Crippen LogP contribution in [0.15, 0.2) is 12.1 Å². The standard InChI is InChI=1S/C11H12O4/c1-3-15-11(14)9-8(6-12)5-4-7(2)10(9)13/h4-6,13H,3H2,1-2H3. The molecule has 0 atom stereocenters. The average molecular weight is 208 g/mol. The Morgan fingerprint density at radius 3 is 2.73 bits per heavy atom. The second kappa shape index (κ2) is 4.59. The number of hydrogen-bond donors (Lipinski definition) is 1. The first-order valence-corrected chi connectivity index (χ1v) is 4.56. The van der Waals surface area contributed by atoms with Crippen LogP contribution in [0, 0.1) is 6.92 Å². The lowest BCUT2D eigenvalue weighted by Crippen LogP contribution is -2.08. The summed E-state index contributed by atoms with van der Waals surface area (Å²) in [4.78, 5) is 22.1. The third-order valence-electron chi connectivity index (χ3n) is 2.02. The first kappa shape index (κ1) is 11.2. The van der Waals surface area contributed by atoms with Crippen LogP contribution < -0.4 is 0 Å². The quantitative estimate of drug-likeness (QED) is 0.606. The SMILES string of the molecule is CCOC(=O)c1c(C=O)ccc(C)c1O. The minimum atomic E-state index is -0.680. The Balaban J connectivity index is 3.29. The molecule has 1 aromatic carbocycles. The number of esters is 1. The number of phenolic OH excluding ortho intramolecular Hbond substituents is 1. The second-order valence-electron chi connectivity index (χ2n) is 3.03. The predicted octanol–water partition coefficient (Wildman–Crippen LogP) is 1.69. The molecule has 0 saturated heterocycles. The fourth-order valence-electron chi connectivity index (χ4n) is 1.23. The molecule has 80 valence electrons. The molecule has 1 aromatic rings. The number of carbonyl (C=O) groups excluding carboxylic acids is 2. The first-order valence-electron chi connectivity index (χ1n) is 4.56. The van der Waals surface area contributed by atoms with E-state index in [0.29, 0.717) is 11.8 Å². The highest BCUT2D eigenvalue weighted by atomic mass is 16.5. The van der Waals surface area contributed by atoms with Gasteiger partial charge in [0.2, 0.25) is 0 Å². The summed E-state index contributed by atoms with van der Waals surface area (Å²) in [5.74, 6) is -0.876. The zero-order valence-electron chi connectivity index (χ0n) is 8.61. The van der Waals surface area contributed by atoms with Crippen molar-refractivity contribution in [2.75, 3.05) is 6.61 Å². The largest absolute Gasteiger partial charge is 0.507 e. The predicted molar refractivity (Wildman–Crippen MR) is 54.2 cm³/mol. The topological polar surface area (TPSA) is 63.6 Å². The van der Waals surface area contributed by atoms with Gasteiger partial charge < -0.3 is 9.84 Å². The average Bonchev–Trinajstić information content (AvgIpc) is 2.22. The third-order valence-corrected chi connectivity index (χ3v) is 2.02. The summed E-state index contributed by atoms with van der Waals surface area (Å²) in [6, 6.07) is 3.05. The highest BCUT2D eigenvalue weighted by Crippen LogP contribution is 2.25. The van der Waals surface area contributed by atoms with Gasteiger partial charge in [-0.15, -0.1) is 0 Å². The minimum absolute atomic E-state index is 0.0631. The normalized spacial score (nSPS) is 9.73. The van der Waals surface area contributed by atoms with Crippen molar-refractivity contribution in [1.29, 1.82) is 0 Å². The maximum absolute atomic E-state index is 11.5. The molecule has 0 aliphatic rings. The van der Waals surface area contributed by atoms with Gasteiger partial charge in [0, 0.05) is 5.56 Å². The molecule has 0 amide bonds. The van der Waals surface area contributed by atoms with Crippen LogP contribution in [-0.4, -0.2) is 24.0 Å². The smallest absolute Gasteiger partial charge is 0.342 e. The Hall–Kier alpha value is -1.84. The van der Waals surface area contributed by atoms with E-state index in [1.807, 2.05) is 0 Å². The van der Waals surface area contributed by atoms with Crippen LogP contribution in [0.1, 0.15) is 33.2 Å². The van der Waals surface area contributed by atoms with Crippen LogP contribution in [0.3, 0.4) is 0 Å². The van der Waals surface area contributed by atoms with Gasteiger partial charge in [0.25, 0.3) is 0 Å². The summed E-state index contributed by atoms with van der Waals surface area (Å²) in [5, 5.41) is 9.65. The van der Waals surface area contributed by atoms with E-state index in [1.54, 1.807) is 19.9 Å². The van der Waals surface area contributed by atoms with Crippen LogP contribution in [0.25, 0.3) is 0 Å². The van der Waals surface area contributed by atoms with Gasteiger partial charge in [-0.3, -0.25) is 4.79 Å². The van der Waals surface area contributed by atoms with Gasteiger partial charge in [-0.2, -0.15) is 0 Å². The van der Waals surface area contributed by atoms with E-state index in [9.17, 15) is 14.7 Å².